The van der Waals surface area contributed by atoms with Crippen molar-refractivity contribution in [3.8, 4) is 0 Å². The number of carbonyl (C=O) groups excluding carboxylic acids is 1. The van der Waals surface area contributed by atoms with Crippen LogP contribution >= 0.6 is 0 Å². The molecular formula is C12H22N2O3S. The van der Waals surface area contributed by atoms with Crippen LogP contribution < -0.4 is 0 Å². The third kappa shape index (κ3) is 4.52. The highest BCUT2D eigenvalue weighted by molar-refractivity contribution is 7.89. The van der Waals surface area contributed by atoms with Crippen LogP contribution in [0.25, 0.3) is 0 Å². The van der Waals surface area contributed by atoms with Gasteiger partial charge in [-0.15, -0.1) is 0 Å². The minimum Gasteiger partial charge on any atom is -0.212 e. The summed E-state index contributed by atoms with van der Waals surface area (Å²) in [5.74, 6) is 0.0743. The standard InChI is InChI=1S/C12H22N2O3S/c1-12(2,3)9-18(16,17)14-8-6-4-5-7-11(14)13-10-15/h11H,4-9H2,1-3H3. The van der Waals surface area contributed by atoms with E-state index in [2.05, 4.69) is 4.99 Å². The maximum atomic E-state index is 12.4. The highest BCUT2D eigenvalue weighted by atomic mass is 32.2. The van der Waals surface area contributed by atoms with Gasteiger partial charge in [0, 0.05) is 6.54 Å². The average Bonchev–Trinajstić information content (AvgIpc) is 2.40. The summed E-state index contributed by atoms with van der Waals surface area (Å²) >= 11 is 0. The molecule has 1 fully saturated rings. The third-order valence-electron chi connectivity index (χ3n) is 2.85. The van der Waals surface area contributed by atoms with E-state index in [0.29, 0.717) is 13.0 Å². The molecule has 0 N–H and O–H groups in total. The molecule has 104 valence electrons. The first kappa shape index (κ1) is 15.3. The summed E-state index contributed by atoms with van der Waals surface area (Å²) in [7, 11) is -3.38. The number of rotatable bonds is 3. The second-order valence-corrected chi connectivity index (χ2v) is 7.90. The second-order valence-electron chi connectivity index (χ2n) is 5.98. The Kier molecular flexibility index (Phi) is 5.08. The summed E-state index contributed by atoms with van der Waals surface area (Å²) in [5.41, 5.74) is -0.305. The van der Waals surface area contributed by atoms with Crippen LogP contribution in [-0.4, -0.2) is 37.3 Å². The summed E-state index contributed by atoms with van der Waals surface area (Å²) in [4.78, 5) is 14.1. The quantitative estimate of drug-likeness (QED) is 0.583. The van der Waals surface area contributed by atoms with Crippen molar-refractivity contribution in [2.45, 2.75) is 52.6 Å². The predicted octanol–water partition coefficient (Wildman–Crippen LogP) is 1.90. The zero-order valence-electron chi connectivity index (χ0n) is 11.3. The highest BCUT2D eigenvalue weighted by Crippen LogP contribution is 2.25. The van der Waals surface area contributed by atoms with Gasteiger partial charge in [-0.25, -0.2) is 13.2 Å². The van der Waals surface area contributed by atoms with E-state index < -0.39 is 16.2 Å². The third-order valence-corrected chi connectivity index (χ3v) is 5.22. The Bertz CT molecular complexity index is 419. The van der Waals surface area contributed by atoms with Crippen molar-refractivity contribution < 1.29 is 13.2 Å². The smallest absolute Gasteiger partial charge is 0.212 e. The van der Waals surface area contributed by atoms with Gasteiger partial charge in [0.2, 0.25) is 16.1 Å². The first-order valence-corrected chi connectivity index (χ1v) is 7.94. The first-order valence-electron chi connectivity index (χ1n) is 6.33. The van der Waals surface area contributed by atoms with Gasteiger partial charge in [-0.05, 0) is 24.7 Å². The number of nitrogens with zero attached hydrogens (tertiary/aromatic N) is 2. The lowest BCUT2D eigenvalue weighted by atomic mass is 10.0. The fourth-order valence-corrected chi connectivity index (χ4v) is 4.40. The molecule has 6 heteroatoms. The summed E-state index contributed by atoms with van der Waals surface area (Å²) < 4.78 is 26.1. The van der Waals surface area contributed by atoms with E-state index in [-0.39, 0.29) is 11.2 Å². The molecular weight excluding hydrogens is 252 g/mol. The fourth-order valence-electron chi connectivity index (χ4n) is 2.21. The van der Waals surface area contributed by atoms with Gasteiger partial charge >= 0.3 is 0 Å². The number of isocyanates is 1. The number of hydrogen-bond acceptors (Lipinski definition) is 4. The van der Waals surface area contributed by atoms with E-state index in [1.807, 2.05) is 20.8 Å². The lowest BCUT2D eigenvalue weighted by Crippen LogP contribution is -2.42. The van der Waals surface area contributed by atoms with Gasteiger partial charge < -0.3 is 0 Å². The molecule has 0 aromatic rings. The van der Waals surface area contributed by atoms with E-state index in [0.717, 1.165) is 19.3 Å². The molecule has 0 bridgehead atoms. The molecule has 0 aromatic carbocycles. The first-order chi connectivity index (χ1) is 8.26. The second kappa shape index (κ2) is 5.95. The average molecular weight is 274 g/mol. The van der Waals surface area contributed by atoms with Crippen LogP contribution in [0.1, 0.15) is 46.5 Å². The Morgan fingerprint density at radius 2 is 1.94 bits per heavy atom. The van der Waals surface area contributed by atoms with Crippen molar-refractivity contribution in [1.82, 2.24) is 4.31 Å². The molecule has 0 spiro atoms. The topological polar surface area (TPSA) is 66.8 Å². The molecule has 1 rings (SSSR count). The lowest BCUT2D eigenvalue weighted by molar-refractivity contribution is 0.322. The van der Waals surface area contributed by atoms with Crippen LogP contribution in [0, 0.1) is 5.41 Å². The zero-order valence-corrected chi connectivity index (χ0v) is 12.2. The monoisotopic (exact) mass is 274 g/mol. The minimum atomic E-state index is -3.38. The van der Waals surface area contributed by atoms with Crippen LogP contribution in [0.15, 0.2) is 4.99 Å². The van der Waals surface area contributed by atoms with Crippen LogP contribution in [0.3, 0.4) is 0 Å². The summed E-state index contributed by atoms with van der Waals surface area (Å²) in [6, 6.07) is 0. The van der Waals surface area contributed by atoms with Crippen molar-refractivity contribution in [2.24, 2.45) is 10.4 Å². The van der Waals surface area contributed by atoms with E-state index in [1.54, 1.807) is 0 Å². The van der Waals surface area contributed by atoms with Gasteiger partial charge in [-0.1, -0.05) is 27.2 Å². The predicted molar refractivity (Wildman–Crippen MR) is 70.3 cm³/mol. The van der Waals surface area contributed by atoms with Crippen LogP contribution in [0.4, 0.5) is 0 Å². The highest BCUT2D eigenvalue weighted by Gasteiger charge is 2.33. The molecule has 0 saturated carbocycles. The molecule has 18 heavy (non-hydrogen) atoms. The molecule has 1 unspecified atom stereocenters. The van der Waals surface area contributed by atoms with Crippen molar-refractivity contribution in [2.75, 3.05) is 12.3 Å². The van der Waals surface area contributed by atoms with Crippen molar-refractivity contribution in [3.05, 3.63) is 0 Å². The Morgan fingerprint density at radius 3 is 2.50 bits per heavy atom. The normalized spacial score (nSPS) is 23.2. The van der Waals surface area contributed by atoms with Crippen molar-refractivity contribution >= 4 is 16.1 Å². The minimum absolute atomic E-state index is 0.0743. The number of hydrogen-bond donors (Lipinski definition) is 0. The Hall–Kier alpha value is -0.710. The maximum Gasteiger partial charge on any atom is 0.236 e. The fraction of sp³-hybridized carbons (Fsp3) is 0.917. The van der Waals surface area contributed by atoms with Gasteiger partial charge in [0.25, 0.3) is 0 Å². The van der Waals surface area contributed by atoms with Crippen LogP contribution in [-0.2, 0) is 14.8 Å². The molecule has 1 atom stereocenters. The van der Waals surface area contributed by atoms with E-state index in [1.165, 1.54) is 10.4 Å². The van der Waals surface area contributed by atoms with Gasteiger partial charge in [-0.3, -0.25) is 0 Å². The number of aliphatic imine (C=N–C) groups is 1. The lowest BCUT2D eigenvalue weighted by Gasteiger charge is -2.28. The van der Waals surface area contributed by atoms with Crippen molar-refractivity contribution in [3.63, 3.8) is 0 Å². The summed E-state index contributed by atoms with van der Waals surface area (Å²) in [6.45, 7) is 6.12. The van der Waals surface area contributed by atoms with Gasteiger partial charge in [-0.2, -0.15) is 9.30 Å². The van der Waals surface area contributed by atoms with E-state index in [4.69, 9.17) is 0 Å². The largest absolute Gasteiger partial charge is 0.236 e. The zero-order chi connectivity index (χ0) is 13.8. The number of sulfonamides is 1. The SMILES string of the molecule is CC(C)(C)CS(=O)(=O)N1CCCCCC1N=C=O. The molecule has 1 aliphatic heterocycles. The van der Waals surface area contributed by atoms with E-state index in [9.17, 15) is 13.2 Å². The molecule has 0 radical (unpaired) electrons. The molecule has 0 amide bonds. The van der Waals surface area contributed by atoms with Crippen molar-refractivity contribution in [1.29, 1.82) is 0 Å². The Balaban J connectivity index is 2.97. The van der Waals surface area contributed by atoms with Crippen LogP contribution in [0.5, 0.6) is 0 Å². The molecule has 0 aliphatic carbocycles. The molecule has 1 heterocycles. The maximum absolute atomic E-state index is 12.4. The van der Waals surface area contributed by atoms with Gasteiger partial charge in [0.05, 0.1) is 5.75 Å². The summed E-state index contributed by atoms with van der Waals surface area (Å²) in [5, 5.41) is 0. The van der Waals surface area contributed by atoms with Gasteiger partial charge in [0.15, 0.2) is 0 Å². The molecule has 1 saturated heterocycles. The summed E-state index contributed by atoms with van der Waals surface area (Å²) in [6.07, 6.45) is 4.26. The van der Waals surface area contributed by atoms with Gasteiger partial charge in [0.1, 0.15) is 6.17 Å². The molecule has 0 aromatic heterocycles. The van der Waals surface area contributed by atoms with E-state index >= 15 is 0 Å². The Labute approximate surface area is 109 Å². The Morgan fingerprint density at radius 1 is 1.28 bits per heavy atom. The molecule has 5 nitrogen and oxygen atoms in total. The molecule has 1 aliphatic rings. The van der Waals surface area contributed by atoms with Crippen LogP contribution in [0.2, 0.25) is 0 Å².